The van der Waals surface area contributed by atoms with E-state index < -0.39 is 0 Å². The second kappa shape index (κ2) is 10.4. The maximum atomic E-state index is 12.4. The third-order valence-corrected chi connectivity index (χ3v) is 4.94. The van der Waals surface area contributed by atoms with Crippen molar-refractivity contribution in [2.24, 2.45) is 5.92 Å². The fraction of sp³-hybridized carbons (Fsp3) is 0.579. The predicted molar refractivity (Wildman–Crippen MR) is 104 cm³/mol. The third kappa shape index (κ3) is 5.88. The van der Waals surface area contributed by atoms with Crippen molar-refractivity contribution in [3.8, 4) is 0 Å². The van der Waals surface area contributed by atoms with Crippen LogP contribution in [0.1, 0.15) is 43.5 Å². The van der Waals surface area contributed by atoms with E-state index in [1.165, 1.54) is 0 Å². The molecule has 0 aromatic heterocycles. The smallest absolute Gasteiger partial charge is 0.319 e. The summed E-state index contributed by atoms with van der Waals surface area (Å²) < 4.78 is 5.35. The Balaban J connectivity index is 1.86. The van der Waals surface area contributed by atoms with Crippen LogP contribution in [0.15, 0.2) is 18.2 Å². The number of urea groups is 1. The summed E-state index contributed by atoms with van der Waals surface area (Å²) in [4.78, 5) is 26.2. The van der Waals surface area contributed by atoms with Gasteiger partial charge in [-0.1, -0.05) is 11.6 Å². The average Bonchev–Trinajstić information content (AvgIpc) is 3.15. The molecule has 1 saturated heterocycles. The summed E-state index contributed by atoms with van der Waals surface area (Å²) in [5.74, 6) is 0.533. The summed E-state index contributed by atoms with van der Waals surface area (Å²) in [6.45, 7) is 7.40. The van der Waals surface area contributed by atoms with Gasteiger partial charge in [-0.25, -0.2) is 4.79 Å². The highest BCUT2D eigenvalue weighted by Crippen LogP contribution is 2.24. The SMILES string of the molecule is CCN(CC)C(=O)c1ccc(Cl)c(NC(=O)NCCCC2CCOC2)c1. The topological polar surface area (TPSA) is 70.7 Å². The van der Waals surface area contributed by atoms with Crippen molar-refractivity contribution in [3.05, 3.63) is 28.8 Å². The number of amides is 3. The summed E-state index contributed by atoms with van der Waals surface area (Å²) in [7, 11) is 0. The highest BCUT2D eigenvalue weighted by Gasteiger charge is 2.16. The molecule has 2 N–H and O–H groups in total. The molecular formula is C19H28ClN3O3. The molecule has 1 aliphatic heterocycles. The van der Waals surface area contributed by atoms with Gasteiger partial charge in [-0.05, 0) is 57.2 Å². The van der Waals surface area contributed by atoms with Crippen molar-refractivity contribution >= 4 is 29.2 Å². The fourth-order valence-corrected chi connectivity index (χ4v) is 3.18. The van der Waals surface area contributed by atoms with Gasteiger partial charge in [0.25, 0.3) is 5.91 Å². The lowest BCUT2D eigenvalue weighted by molar-refractivity contribution is 0.0773. The number of hydrogen-bond acceptors (Lipinski definition) is 3. The molecule has 26 heavy (non-hydrogen) atoms. The standard InChI is InChI=1S/C19H28ClN3O3/c1-3-23(4-2)18(24)15-7-8-16(20)17(12-15)22-19(25)21-10-5-6-14-9-11-26-13-14/h7-8,12,14H,3-6,9-11,13H2,1-2H3,(H2,21,22,25). The molecule has 1 heterocycles. The maximum Gasteiger partial charge on any atom is 0.319 e. The van der Waals surface area contributed by atoms with Crippen LogP contribution in [0.4, 0.5) is 10.5 Å². The van der Waals surface area contributed by atoms with Crippen molar-refractivity contribution in [2.45, 2.75) is 33.1 Å². The van der Waals surface area contributed by atoms with Crippen molar-refractivity contribution < 1.29 is 14.3 Å². The first-order valence-corrected chi connectivity index (χ1v) is 9.64. The number of carbonyl (C=O) groups excluding carboxylic acids is 2. The lowest BCUT2D eigenvalue weighted by Gasteiger charge is -2.19. The zero-order valence-corrected chi connectivity index (χ0v) is 16.3. The number of carbonyl (C=O) groups is 2. The van der Waals surface area contributed by atoms with Crippen LogP contribution in [-0.4, -0.2) is 49.7 Å². The van der Waals surface area contributed by atoms with Gasteiger partial charge < -0.3 is 20.3 Å². The lowest BCUT2D eigenvalue weighted by atomic mass is 10.0. The van der Waals surface area contributed by atoms with Crippen molar-refractivity contribution in [2.75, 3.05) is 38.2 Å². The van der Waals surface area contributed by atoms with E-state index in [1.54, 1.807) is 23.1 Å². The number of benzene rings is 1. The van der Waals surface area contributed by atoms with E-state index in [1.807, 2.05) is 13.8 Å². The van der Waals surface area contributed by atoms with E-state index in [2.05, 4.69) is 10.6 Å². The fourth-order valence-electron chi connectivity index (χ4n) is 3.02. The maximum absolute atomic E-state index is 12.4. The van der Waals surface area contributed by atoms with Gasteiger partial charge in [0, 0.05) is 38.4 Å². The molecular weight excluding hydrogens is 354 g/mol. The quantitative estimate of drug-likeness (QED) is 0.673. The molecule has 0 radical (unpaired) electrons. The van der Waals surface area contributed by atoms with E-state index in [4.69, 9.17) is 16.3 Å². The van der Waals surface area contributed by atoms with Gasteiger partial charge in [-0.15, -0.1) is 0 Å². The zero-order valence-electron chi connectivity index (χ0n) is 15.5. The average molecular weight is 382 g/mol. The summed E-state index contributed by atoms with van der Waals surface area (Å²) in [6.07, 6.45) is 3.07. The van der Waals surface area contributed by atoms with Crippen LogP contribution in [0.5, 0.6) is 0 Å². The van der Waals surface area contributed by atoms with Crippen LogP contribution >= 0.6 is 11.6 Å². The molecule has 1 atom stereocenters. The number of anilines is 1. The number of nitrogens with one attached hydrogen (secondary N) is 2. The molecule has 1 aromatic carbocycles. The van der Waals surface area contributed by atoms with E-state index >= 15 is 0 Å². The van der Waals surface area contributed by atoms with Gasteiger partial charge in [-0.3, -0.25) is 4.79 Å². The predicted octanol–water partition coefficient (Wildman–Crippen LogP) is 3.76. The molecule has 7 heteroatoms. The zero-order chi connectivity index (χ0) is 18.9. The van der Waals surface area contributed by atoms with Gasteiger partial charge >= 0.3 is 6.03 Å². The Morgan fingerprint density at radius 1 is 1.31 bits per heavy atom. The molecule has 1 aromatic rings. The second-order valence-corrected chi connectivity index (χ2v) is 6.83. The molecule has 6 nitrogen and oxygen atoms in total. The normalized spacial score (nSPS) is 16.3. The Kier molecular flexibility index (Phi) is 8.19. The minimum Gasteiger partial charge on any atom is -0.381 e. The van der Waals surface area contributed by atoms with Gasteiger partial charge in [0.05, 0.1) is 10.7 Å². The molecule has 1 aliphatic rings. The van der Waals surface area contributed by atoms with Crippen molar-refractivity contribution in [1.82, 2.24) is 10.2 Å². The third-order valence-electron chi connectivity index (χ3n) is 4.61. The highest BCUT2D eigenvalue weighted by molar-refractivity contribution is 6.33. The van der Waals surface area contributed by atoms with E-state index in [0.29, 0.717) is 41.8 Å². The Hall–Kier alpha value is -1.79. The lowest BCUT2D eigenvalue weighted by Crippen LogP contribution is -2.31. The van der Waals surface area contributed by atoms with Crippen LogP contribution in [0, 0.1) is 5.92 Å². The van der Waals surface area contributed by atoms with E-state index in [-0.39, 0.29) is 11.9 Å². The van der Waals surface area contributed by atoms with Gasteiger partial charge in [0.15, 0.2) is 0 Å². The molecule has 144 valence electrons. The molecule has 0 saturated carbocycles. The Labute approximate surface area is 160 Å². The largest absolute Gasteiger partial charge is 0.381 e. The Morgan fingerprint density at radius 2 is 2.08 bits per heavy atom. The van der Waals surface area contributed by atoms with Gasteiger partial charge in [0.2, 0.25) is 0 Å². The van der Waals surface area contributed by atoms with E-state index in [9.17, 15) is 9.59 Å². The Morgan fingerprint density at radius 3 is 2.73 bits per heavy atom. The summed E-state index contributed by atoms with van der Waals surface area (Å²) in [5, 5.41) is 5.96. The van der Waals surface area contributed by atoms with Crippen molar-refractivity contribution in [3.63, 3.8) is 0 Å². The van der Waals surface area contributed by atoms with Crippen LogP contribution in [0.3, 0.4) is 0 Å². The summed E-state index contributed by atoms with van der Waals surface area (Å²) in [5.41, 5.74) is 0.945. The number of halogens is 1. The first-order valence-electron chi connectivity index (χ1n) is 9.26. The summed E-state index contributed by atoms with van der Waals surface area (Å²) in [6, 6.07) is 4.62. The minimum atomic E-state index is -0.318. The molecule has 1 unspecified atom stereocenters. The summed E-state index contributed by atoms with van der Waals surface area (Å²) >= 11 is 6.16. The number of ether oxygens (including phenoxy) is 1. The van der Waals surface area contributed by atoms with Crippen LogP contribution in [-0.2, 0) is 4.74 Å². The van der Waals surface area contributed by atoms with Gasteiger partial charge in [0.1, 0.15) is 0 Å². The second-order valence-electron chi connectivity index (χ2n) is 6.42. The molecule has 0 spiro atoms. The molecule has 0 aliphatic carbocycles. The molecule has 3 amide bonds. The monoisotopic (exact) mass is 381 g/mol. The van der Waals surface area contributed by atoms with Crippen molar-refractivity contribution in [1.29, 1.82) is 0 Å². The number of rotatable bonds is 8. The van der Waals surface area contributed by atoms with E-state index in [0.717, 1.165) is 32.5 Å². The number of hydrogen-bond donors (Lipinski definition) is 2. The van der Waals surface area contributed by atoms with Crippen LogP contribution in [0.25, 0.3) is 0 Å². The van der Waals surface area contributed by atoms with Gasteiger partial charge in [-0.2, -0.15) is 0 Å². The van der Waals surface area contributed by atoms with Crippen LogP contribution < -0.4 is 10.6 Å². The molecule has 1 fully saturated rings. The number of nitrogens with zero attached hydrogens (tertiary/aromatic N) is 1. The first-order chi connectivity index (χ1) is 12.5. The molecule has 2 rings (SSSR count). The Bertz CT molecular complexity index is 614. The van der Waals surface area contributed by atoms with Crippen LogP contribution in [0.2, 0.25) is 5.02 Å². The first kappa shape index (κ1) is 20.5. The highest BCUT2D eigenvalue weighted by atomic mass is 35.5. The minimum absolute atomic E-state index is 0.0751. The molecule has 0 bridgehead atoms.